The first kappa shape index (κ1) is 22.9. The zero-order chi connectivity index (χ0) is 24.5. The molecule has 0 atom stereocenters. The van der Waals surface area contributed by atoms with E-state index in [4.69, 9.17) is 9.72 Å². The van der Waals surface area contributed by atoms with Gasteiger partial charge < -0.3 is 14.5 Å². The second-order valence-electron chi connectivity index (χ2n) is 9.35. The number of rotatable bonds is 4. The Bertz CT molecular complexity index is 1400. The van der Waals surface area contributed by atoms with Crippen molar-refractivity contribution in [2.24, 2.45) is 0 Å². The molecule has 0 N–H and O–H groups in total. The lowest BCUT2D eigenvalue weighted by Crippen LogP contribution is -2.49. The molecule has 4 aromatic rings. The second kappa shape index (κ2) is 9.41. The SMILES string of the molecule is COc1ccccc1N1CCN(C(=O)c2cc(-c3cc(C)ccc3C)nc3ccc(C)cc23)CC1. The van der Waals surface area contributed by atoms with Crippen molar-refractivity contribution < 1.29 is 9.53 Å². The fraction of sp³-hybridized carbons (Fsp3) is 0.267. The molecule has 3 aromatic carbocycles. The van der Waals surface area contributed by atoms with Crippen LogP contribution in [0, 0.1) is 20.8 Å². The molecule has 0 radical (unpaired) electrons. The van der Waals surface area contributed by atoms with E-state index in [9.17, 15) is 4.79 Å². The Labute approximate surface area is 207 Å². The summed E-state index contributed by atoms with van der Waals surface area (Å²) in [7, 11) is 1.70. The number of benzene rings is 3. The summed E-state index contributed by atoms with van der Waals surface area (Å²) in [5, 5.41) is 0.913. The minimum Gasteiger partial charge on any atom is -0.495 e. The van der Waals surface area contributed by atoms with Crippen LogP contribution < -0.4 is 9.64 Å². The van der Waals surface area contributed by atoms with E-state index in [0.29, 0.717) is 13.1 Å². The Hall–Kier alpha value is -3.86. The minimum atomic E-state index is 0.0641. The van der Waals surface area contributed by atoms with E-state index in [1.54, 1.807) is 7.11 Å². The van der Waals surface area contributed by atoms with Crippen LogP contribution in [0.1, 0.15) is 27.0 Å². The minimum absolute atomic E-state index is 0.0641. The Morgan fingerprint density at radius 2 is 1.57 bits per heavy atom. The molecular weight excluding hydrogens is 434 g/mol. The maximum atomic E-state index is 13.9. The van der Waals surface area contributed by atoms with E-state index in [1.165, 1.54) is 5.56 Å². The highest BCUT2D eigenvalue weighted by Gasteiger charge is 2.26. The van der Waals surface area contributed by atoms with Crippen molar-refractivity contribution in [2.45, 2.75) is 20.8 Å². The maximum Gasteiger partial charge on any atom is 0.254 e. The summed E-state index contributed by atoms with van der Waals surface area (Å²) in [6.07, 6.45) is 0. The van der Waals surface area contributed by atoms with Gasteiger partial charge in [-0.1, -0.05) is 41.5 Å². The van der Waals surface area contributed by atoms with Gasteiger partial charge in [0.15, 0.2) is 0 Å². The van der Waals surface area contributed by atoms with Gasteiger partial charge in [-0.05, 0) is 62.7 Å². The van der Waals surface area contributed by atoms with Gasteiger partial charge >= 0.3 is 0 Å². The quantitative estimate of drug-likeness (QED) is 0.382. The van der Waals surface area contributed by atoms with Gasteiger partial charge in [0, 0.05) is 37.1 Å². The number of methoxy groups -OCH3 is 1. The predicted molar refractivity (Wildman–Crippen MR) is 143 cm³/mol. The number of fused-ring (bicyclic) bond motifs is 1. The molecule has 1 aliphatic heterocycles. The molecule has 0 aliphatic carbocycles. The molecular formula is C30H31N3O2. The molecule has 0 saturated carbocycles. The van der Waals surface area contributed by atoms with E-state index >= 15 is 0 Å². The number of carbonyl (C=O) groups is 1. The van der Waals surface area contributed by atoms with Crippen LogP contribution >= 0.6 is 0 Å². The number of hydrogen-bond donors (Lipinski definition) is 0. The molecule has 1 aliphatic rings. The smallest absolute Gasteiger partial charge is 0.254 e. The van der Waals surface area contributed by atoms with Gasteiger partial charge in [0.1, 0.15) is 5.75 Å². The van der Waals surface area contributed by atoms with Gasteiger partial charge in [-0.2, -0.15) is 0 Å². The Morgan fingerprint density at radius 1 is 0.857 bits per heavy atom. The third-order valence-corrected chi connectivity index (χ3v) is 6.86. The lowest BCUT2D eigenvalue weighted by atomic mass is 9.98. The number of hydrogen-bond acceptors (Lipinski definition) is 4. The Morgan fingerprint density at radius 3 is 2.34 bits per heavy atom. The van der Waals surface area contributed by atoms with Crippen molar-refractivity contribution in [3.05, 3.63) is 89.0 Å². The number of piperazine rings is 1. The molecule has 5 heteroatoms. The van der Waals surface area contributed by atoms with Crippen LogP contribution in [0.15, 0.2) is 66.7 Å². The lowest BCUT2D eigenvalue weighted by Gasteiger charge is -2.36. The van der Waals surface area contributed by atoms with Crippen LogP contribution in [0.3, 0.4) is 0 Å². The molecule has 5 nitrogen and oxygen atoms in total. The van der Waals surface area contributed by atoms with Crippen LogP contribution in [0.25, 0.3) is 22.2 Å². The third kappa shape index (κ3) is 4.46. The molecule has 0 spiro atoms. The maximum absolute atomic E-state index is 13.9. The summed E-state index contributed by atoms with van der Waals surface area (Å²) in [5.74, 6) is 0.926. The molecule has 1 saturated heterocycles. The second-order valence-corrected chi connectivity index (χ2v) is 9.35. The summed E-state index contributed by atoms with van der Waals surface area (Å²) < 4.78 is 5.55. The number of carbonyl (C=O) groups excluding carboxylic acids is 1. The molecule has 0 bridgehead atoms. The van der Waals surface area contributed by atoms with E-state index in [-0.39, 0.29) is 5.91 Å². The highest BCUT2D eigenvalue weighted by Crippen LogP contribution is 2.31. The number of nitrogens with zero attached hydrogens (tertiary/aromatic N) is 3. The van der Waals surface area contributed by atoms with Crippen molar-refractivity contribution >= 4 is 22.5 Å². The monoisotopic (exact) mass is 465 g/mol. The van der Waals surface area contributed by atoms with Crippen molar-refractivity contribution in [1.29, 1.82) is 0 Å². The van der Waals surface area contributed by atoms with Gasteiger partial charge in [0.2, 0.25) is 0 Å². The summed E-state index contributed by atoms with van der Waals surface area (Å²) in [4.78, 5) is 23.1. The molecule has 1 amide bonds. The van der Waals surface area contributed by atoms with Crippen molar-refractivity contribution in [1.82, 2.24) is 9.88 Å². The fourth-order valence-corrected chi connectivity index (χ4v) is 4.88. The zero-order valence-electron chi connectivity index (χ0n) is 20.8. The normalized spacial score (nSPS) is 13.8. The molecule has 35 heavy (non-hydrogen) atoms. The molecule has 0 unspecified atom stereocenters. The largest absolute Gasteiger partial charge is 0.495 e. The summed E-state index contributed by atoms with van der Waals surface area (Å²) in [5.41, 5.74) is 8.01. The van der Waals surface area contributed by atoms with Crippen LogP contribution in [0.4, 0.5) is 5.69 Å². The number of aryl methyl sites for hydroxylation is 3. The Kier molecular flexibility index (Phi) is 6.16. The van der Waals surface area contributed by atoms with Gasteiger partial charge in [-0.3, -0.25) is 4.79 Å². The van der Waals surface area contributed by atoms with Crippen LogP contribution in [0.2, 0.25) is 0 Å². The predicted octanol–water partition coefficient (Wildman–Crippen LogP) is 5.80. The van der Waals surface area contributed by atoms with Crippen molar-refractivity contribution in [3.63, 3.8) is 0 Å². The number of anilines is 1. The van der Waals surface area contributed by atoms with Gasteiger partial charge in [-0.15, -0.1) is 0 Å². The van der Waals surface area contributed by atoms with Crippen LogP contribution in [-0.2, 0) is 0 Å². The molecule has 1 aromatic heterocycles. The molecule has 1 fully saturated rings. The number of aromatic nitrogens is 1. The van der Waals surface area contributed by atoms with Gasteiger partial charge in [-0.25, -0.2) is 4.98 Å². The van der Waals surface area contributed by atoms with Crippen molar-refractivity contribution in [2.75, 3.05) is 38.2 Å². The third-order valence-electron chi connectivity index (χ3n) is 6.86. The average Bonchev–Trinajstić information content (AvgIpc) is 2.89. The highest BCUT2D eigenvalue weighted by atomic mass is 16.5. The standard InChI is InChI=1S/C30H31N3O2/c1-20-9-11-22(3)23(17-20)27-19-25(24-18-21(2)10-12-26(24)31-27)30(34)33-15-13-32(14-16-33)28-7-5-6-8-29(28)35-4/h5-12,17-19H,13-16H2,1-4H3. The topological polar surface area (TPSA) is 45.7 Å². The van der Waals surface area contributed by atoms with Crippen molar-refractivity contribution in [3.8, 4) is 17.0 Å². The van der Waals surface area contributed by atoms with Crippen LogP contribution in [-0.4, -0.2) is 49.1 Å². The van der Waals surface area contributed by atoms with Gasteiger partial charge in [0.25, 0.3) is 5.91 Å². The van der Waals surface area contributed by atoms with E-state index in [1.807, 2.05) is 35.2 Å². The first-order valence-electron chi connectivity index (χ1n) is 12.1. The number of para-hydroxylation sites is 2. The lowest BCUT2D eigenvalue weighted by molar-refractivity contribution is 0.0748. The number of pyridine rings is 1. The van der Waals surface area contributed by atoms with Gasteiger partial charge in [0.05, 0.1) is 29.6 Å². The Balaban J connectivity index is 1.49. The van der Waals surface area contributed by atoms with Crippen LogP contribution in [0.5, 0.6) is 5.75 Å². The summed E-state index contributed by atoms with van der Waals surface area (Å²) >= 11 is 0. The zero-order valence-corrected chi connectivity index (χ0v) is 20.8. The fourth-order valence-electron chi connectivity index (χ4n) is 4.88. The first-order valence-corrected chi connectivity index (χ1v) is 12.1. The van der Waals surface area contributed by atoms with E-state index in [0.717, 1.165) is 63.4 Å². The van der Waals surface area contributed by atoms with E-state index < -0.39 is 0 Å². The molecule has 178 valence electrons. The number of ether oxygens (including phenoxy) is 1. The molecule has 5 rings (SSSR count). The first-order chi connectivity index (χ1) is 16.9. The number of amides is 1. The average molecular weight is 466 g/mol. The molecule has 2 heterocycles. The highest BCUT2D eigenvalue weighted by molar-refractivity contribution is 6.07. The van der Waals surface area contributed by atoms with E-state index in [2.05, 4.69) is 62.1 Å². The summed E-state index contributed by atoms with van der Waals surface area (Å²) in [6, 6.07) is 22.6. The summed E-state index contributed by atoms with van der Waals surface area (Å²) in [6.45, 7) is 9.07.